The third-order valence-electron chi connectivity index (χ3n) is 4.44. The van der Waals surface area contributed by atoms with Gasteiger partial charge in [-0.1, -0.05) is 6.07 Å². The Morgan fingerprint density at radius 2 is 1.95 bits per heavy atom. The normalized spacial score (nSPS) is 19.3. The number of hydrogen-bond donors (Lipinski definition) is 1. The van der Waals surface area contributed by atoms with Gasteiger partial charge in [-0.3, -0.25) is 0 Å². The van der Waals surface area contributed by atoms with Crippen LogP contribution >= 0.6 is 12.2 Å². The van der Waals surface area contributed by atoms with Gasteiger partial charge in [0.15, 0.2) is 4.77 Å². The first-order valence-electron chi connectivity index (χ1n) is 7.07. The molecule has 1 aromatic heterocycles. The van der Waals surface area contributed by atoms with Crippen LogP contribution in [0.1, 0.15) is 31.7 Å². The highest BCUT2D eigenvalue weighted by atomic mass is 32.1. The second-order valence-electron chi connectivity index (χ2n) is 5.82. The van der Waals surface area contributed by atoms with E-state index in [1.807, 2.05) is 6.07 Å². The van der Waals surface area contributed by atoms with Crippen molar-refractivity contribution in [1.29, 1.82) is 0 Å². The minimum Gasteiger partial charge on any atom is -0.494 e. The Kier molecular flexibility index (Phi) is 2.49. The quantitative estimate of drug-likeness (QED) is 0.852. The summed E-state index contributed by atoms with van der Waals surface area (Å²) in [5, 5.41) is 0. The van der Waals surface area contributed by atoms with Gasteiger partial charge in [0.05, 0.1) is 12.6 Å². The summed E-state index contributed by atoms with van der Waals surface area (Å²) in [5.41, 5.74) is 2.24. The molecule has 1 heterocycles. The molecule has 3 nitrogen and oxygen atoms in total. The molecule has 19 heavy (non-hydrogen) atoms. The third kappa shape index (κ3) is 1.81. The van der Waals surface area contributed by atoms with Gasteiger partial charge in [-0.05, 0) is 61.9 Å². The Bertz CT molecular complexity index is 667. The summed E-state index contributed by atoms with van der Waals surface area (Å²) in [6, 6.07) is 6.80. The van der Waals surface area contributed by atoms with E-state index in [2.05, 4.69) is 21.7 Å². The van der Waals surface area contributed by atoms with Crippen LogP contribution in [0.2, 0.25) is 0 Å². The number of imidazole rings is 1. The van der Waals surface area contributed by atoms with Gasteiger partial charge in [-0.25, -0.2) is 0 Å². The number of aromatic amines is 1. The van der Waals surface area contributed by atoms with Crippen molar-refractivity contribution >= 4 is 23.3 Å². The average Bonchev–Trinajstić information content (AvgIpc) is 3.30. The van der Waals surface area contributed by atoms with Crippen molar-refractivity contribution in [3.05, 3.63) is 23.0 Å². The molecular weight excluding hydrogens is 256 g/mol. The summed E-state index contributed by atoms with van der Waals surface area (Å²) in [6.45, 7) is 0. The summed E-state index contributed by atoms with van der Waals surface area (Å²) in [6.07, 6.45) is 5.44. The molecule has 2 aliphatic carbocycles. The van der Waals surface area contributed by atoms with Crippen molar-refractivity contribution < 1.29 is 4.74 Å². The molecule has 4 rings (SSSR count). The number of methoxy groups -OCH3 is 1. The van der Waals surface area contributed by atoms with Gasteiger partial charge in [-0.2, -0.15) is 0 Å². The van der Waals surface area contributed by atoms with E-state index in [9.17, 15) is 0 Å². The van der Waals surface area contributed by atoms with Crippen molar-refractivity contribution in [2.45, 2.75) is 31.7 Å². The Morgan fingerprint density at radius 3 is 2.53 bits per heavy atom. The molecule has 1 aromatic carbocycles. The summed E-state index contributed by atoms with van der Waals surface area (Å²) in [7, 11) is 1.71. The second-order valence-corrected chi connectivity index (χ2v) is 6.21. The van der Waals surface area contributed by atoms with E-state index in [1.165, 1.54) is 31.2 Å². The van der Waals surface area contributed by atoms with E-state index in [0.29, 0.717) is 6.04 Å². The lowest BCUT2D eigenvalue weighted by Gasteiger charge is -2.18. The molecule has 0 bridgehead atoms. The van der Waals surface area contributed by atoms with Crippen LogP contribution in [0.25, 0.3) is 11.0 Å². The minimum atomic E-state index is 0.605. The first-order valence-corrected chi connectivity index (χ1v) is 7.47. The fraction of sp³-hybridized carbons (Fsp3) is 0.533. The number of hydrogen-bond acceptors (Lipinski definition) is 2. The Morgan fingerprint density at radius 1 is 1.26 bits per heavy atom. The molecule has 2 aliphatic rings. The van der Waals surface area contributed by atoms with Gasteiger partial charge in [0.2, 0.25) is 0 Å². The number of para-hydroxylation sites is 1. The fourth-order valence-electron chi connectivity index (χ4n) is 3.27. The highest BCUT2D eigenvalue weighted by Crippen LogP contribution is 2.53. The van der Waals surface area contributed by atoms with Crippen LogP contribution in [-0.2, 0) is 0 Å². The lowest BCUT2D eigenvalue weighted by atomic mass is 10.1. The molecule has 100 valence electrons. The van der Waals surface area contributed by atoms with Crippen LogP contribution in [0, 0.1) is 16.6 Å². The third-order valence-corrected chi connectivity index (χ3v) is 4.74. The average molecular weight is 274 g/mol. The summed E-state index contributed by atoms with van der Waals surface area (Å²) < 4.78 is 8.65. The number of nitrogens with one attached hydrogen (secondary N) is 1. The first kappa shape index (κ1) is 11.5. The van der Waals surface area contributed by atoms with Crippen molar-refractivity contribution in [2.24, 2.45) is 11.8 Å². The SMILES string of the molecule is COc1cccc2c1[nH]c(=S)n2C(C1CC1)C1CC1. The van der Waals surface area contributed by atoms with E-state index in [-0.39, 0.29) is 0 Å². The molecule has 0 radical (unpaired) electrons. The van der Waals surface area contributed by atoms with Crippen molar-refractivity contribution in [1.82, 2.24) is 9.55 Å². The van der Waals surface area contributed by atoms with E-state index in [4.69, 9.17) is 17.0 Å². The molecule has 0 unspecified atom stereocenters. The maximum Gasteiger partial charge on any atom is 0.178 e. The molecule has 2 fully saturated rings. The van der Waals surface area contributed by atoms with Crippen LogP contribution in [0.3, 0.4) is 0 Å². The molecule has 0 amide bonds. The van der Waals surface area contributed by atoms with Crippen LogP contribution in [-0.4, -0.2) is 16.7 Å². The summed E-state index contributed by atoms with van der Waals surface area (Å²) >= 11 is 5.58. The fourth-order valence-corrected chi connectivity index (χ4v) is 3.59. The van der Waals surface area contributed by atoms with Crippen LogP contribution in [0.5, 0.6) is 5.75 Å². The highest BCUT2D eigenvalue weighted by Gasteiger charge is 2.43. The van der Waals surface area contributed by atoms with Crippen LogP contribution in [0.4, 0.5) is 0 Å². The molecule has 0 saturated heterocycles. The maximum atomic E-state index is 5.58. The van der Waals surface area contributed by atoms with Gasteiger partial charge in [-0.15, -0.1) is 0 Å². The van der Waals surface area contributed by atoms with Gasteiger partial charge >= 0.3 is 0 Å². The number of rotatable bonds is 4. The van der Waals surface area contributed by atoms with Crippen LogP contribution in [0.15, 0.2) is 18.2 Å². The van der Waals surface area contributed by atoms with E-state index < -0.39 is 0 Å². The Balaban J connectivity index is 1.93. The van der Waals surface area contributed by atoms with Gasteiger partial charge in [0.25, 0.3) is 0 Å². The van der Waals surface area contributed by atoms with E-state index >= 15 is 0 Å². The molecule has 1 N–H and O–H groups in total. The largest absolute Gasteiger partial charge is 0.494 e. The zero-order chi connectivity index (χ0) is 13.0. The second kappa shape index (κ2) is 4.10. The molecule has 0 spiro atoms. The topological polar surface area (TPSA) is 29.9 Å². The maximum absolute atomic E-state index is 5.58. The molecule has 0 atom stereocenters. The number of ether oxygens (including phenoxy) is 1. The number of aromatic nitrogens is 2. The van der Waals surface area contributed by atoms with Crippen molar-refractivity contribution in [3.63, 3.8) is 0 Å². The molecular formula is C15H18N2OS. The van der Waals surface area contributed by atoms with E-state index in [0.717, 1.165) is 27.9 Å². The molecule has 2 saturated carbocycles. The summed E-state index contributed by atoms with van der Waals surface area (Å²) in [4.78, 5) is 3.35. The highest BCUT2D eigenvalue weighted by molar-refractivity contribution is 7.71. The smallest absolute Gasteiger partial charge is 0.178 e. The number of H-pyrrole nitrogens is 1. The zero-order valence-electron chi connectivity index (χ0n) is 11.1. The number of benzene rings is 1. The molecule has 0 aliphatic heterocycles. The predicted octanol–water partition coefficient (Wildman–Crippen LogP) is 4.07. The monoisotopic (exact) mass is 274 g/mol. The van der Waals surface area contributed by atoms with Crippen molar-refractivity contribution in [3.8, 4) is 5.75 Å². The summed E-state index contributed by atoms with van der Waals surface area (Å²) in [5.74, 6) is 2.56. The lowest BCUT2D eigenvalue weighted by Crippen LogP contribution is -2.13. The Hall–Kier alpha value is -1.29. The molecule has 4 heteroatoms. The van der Waals surface area contributed by atoms with Gasteiger partial charge in [0.1, 0.15) is 11.3 Å². The standard InChI is InChI=1S/C15H18N2OS/c1-18-12-4-2-3-11-13(12)16-15(19)17(11)14(9-5-6-9)10-7-8-10/h2-4,9-10,14H,5-8H2,1H3,(H,16,19). The number of fused-ring (bicyclic) bond motifs is 1. The lowest BCUT2D eigenvalue weighted by molar-refractivity contribution is 0.400. The molecule has 2 aromatic rings. The zero-order valence-corrected chi connectivity index (χ0v) is 11.9. The van der Waals surface area contributed by atoms with Crippen molar-refractivity contribution in [2.75, 3.05) is 7.11 Å². The van der Waals surface area contributed by atoms with Gasteiger partial charge in [0, 0.05) is 6.04 Å². The predicted molar refractivity (Wildman–Crippen MR) is 78.2 cm³/mol. The van der Waals surface area contributed by atoms with E-state index in [1.54, 1.807) is 7.11 Å². The minimum absolute atomic E-state index is 0.605. The van der Waals surface area contributed by atoms with Crippen LogP contribution < -0.4 is 4.74 Å². The number of nitrogens with zero attached hydrogens (tertiary/aromatic N) is 1. The van der Waals surface area contributed by atoms with Gasteiger partial charge < -0.3 is 14.3 Å². The Labute approximate surface area is 117 Å². The first-order chi connectivity index (χ1) is 9.29.